The molecule has 0 radical (unpaired) electrons. The first-order valence-corrected chi connectivity index (χ1v) is 5.97. The van der Waals surface area contributed by atoms with E-state index in [9.17, 15) is 0 Å². The van der Waals surface area contributed by atoms with Crippen molar-refractivity contribution >= 4 is 0 Å². The third-order valence-corrected chi connectivity index (χ3v) is 2.77. The Labute approximate surface area is 107 Å². The fraction of sp³-hybridized carbons (Fsp3) is 0.357. The highest BCUT2D eigenvalue weighted by Gasteiger charge is 2.06. The number of hydrogen-bond donors (Lipinski definition) is 1. The number of ether oxygens (including phenoxy) is 1. The molecule has 0 amide bonds. The number of hydrogen-bond acceptors (Lipinski definition) is 4. The van der Waals surface area contributed by atoms with Gasteiger partial charge in [-0.15, -0.1) is 0 Å². The van der Waals surface area contributed by atoms with Gasteiger partial charge in [-0.05, 0) is 38.0 Å². The first-order valence-electron chi connectivity index (χ1n) is 5.97. The minimum Gasteiger partial charge on any atom is -0.485 e. The van der Waals surface area contributed by atoms with E-state index >= 15 is 0 Å². The van der Waals surface area contributed by atoms with Crippen LogP contribution >= 0.6 is 0 Å². The van der Waals surface area contributed by atoms with Crippen molar-refractivity contribution in [3.63, 3.8) is 0 Å². The van der Waals surface area contributed by atoms with Crippen molar-refractivity contribution in [2.45, 2.75) is 33.4 Å². The van der Waals surface area contributed by atoms with Crippen molar-refractivity contribution in [1.82, 2.24) is 5.16 Å². The van der Waals surface area contributed by atoms with Crippen molar-refractivity contribution in [2.75, 3.05) is 0 Å². The summed E-state index contributed by atoms with van der Waals surface area (Å²) in [7, 11) is 0. The van der Waals surface area contributed by atoms with E-state index in [-0.39, 0.29) is 6.04 Å². The molecule has 0 aliphatic rings. The highest BCUT2D eigenvalue weighted by Crippen LogP contribution is 2.22. The topological polar surface area (TPSA) is 61.3 Å². The first kappa shape index (κ1) is 12.6. The van der Waals surface area contributed by atoms with Gasteiger partial charge in [0.2, 0.25) is 0 Å². The maximum atomic E-state index is 5.84. The molecular formula is C14H18N2O2. The van der Waals surface area contributed by atoms with E-state index in [2.05, 4.69) is 5.16 Å². The maximum absolute atomic E-state index is 5.84. The van der Waals surface area contributed by atoms with Crippen LogP contribution in [0.2, 0.25) is 0 Å². The van der Waals surface area contributed by atoms with Crippen molar-refractivity contribution < 1.29 is 9.26 Å². The van der Waals surface area contributed by atoms with E-state index in [0.717, 1.165) is 28.3 Å². The van der Waals surface area contributed by atoms with Crippen molar-refractivity contribution in [1.29, 1.82) is 0 Å². The summed E-state index contributed by atoms with van der Waals surface area (Å²) in [6.45, 7) is 6.24. The van der Waals surface area contributed by atoms with E-state index < -0.39 is 0 Å². The van der Waals surface area contributed by atoms with Crippen LogP contribution in [-0.2, 0) is 6.61 Å². The maximum Gasteiger partial charge on any atom is 0.174 e. The molecule has 0 unspecified atom stereocenters. The van der Waals surface area contributed by atoms with Gasteiger partial charge in [-0.1, -0.05) is 17.3 Å². The standard InChI is InChI=1S/C14H18N2O2/c1-9-6-12(11(3)15)4-5-14(9)17-8-13-7-10(2)16-18-13/h4-7,11H,8,15H2,1-3H3/t11-/m1/s1. The van der Waals surface area contributed by atoms with Crippen molar-refractivity contribution in [3.05, 3.63) is 46.8 Å². The van der Waals surface area contributed by atoms with Gasteiger partial charge in [-0.2, -0.15) is 0 Å². The Kier molecular flexibility index (Phi) is 3.67. The fourth-order valence-corrected chi connectivity index (χ4v) is 1.75. The lowest BCUT2D eigenvalue weighted by Gasteiger charge is -2.11. The Morgan fingerprint density at radius 3 is 2.67 bits per heavy atom. The van der Waals surface area contributed by atoms with Crippen LogP contribution in [0.5, 0.6) is 5.75 Å². The fourth-order valence-electron chi connectivity index (χ4n) is 1.75. The SMILES string of the molecule is Cc1cc(COc2ccc([C@@H](C)N)cc2C)on1. The van der Waals surface area contributed by atoms with Crippen LogP contribution in [0.4, 0.5) is 0 Å². The van der Waals surface area contributed by atoms with Gasteiger partial charge in [-0.3, -0.25) is 0 Å². The monoisotopic (exact) mass is 246 g/mol. The molecule has 0 aliphatic carbocycles. The zero-order valence-corrected chi connectivity index (χ0v) is 10.9. The van der Waals surface area contributed by atoms with Crippen LogP contribution in [0.25, 0.3) is 0 Å². The molecule has 2 N–H and O–H groups in total. The Hall–Kier alpha value is -1.81. The molecule has 4 nitrogen and oxygen atoms in total. The molecule has 2 aromatic rings. The molecule has 1 heterocycles. The van der Waals surface area contributed by atoms with Gasteiger partial charge in [0.25, 0.3) is 0 Å². The number of nitrogens with two attached hydrogens (primary N) is 1. The highest BCUT2D eigenvalue weighted by atomic mass is 16.5. The predicted molar refractivity (Wildman–Crippen MR) is 69.4 cm³/mol. The Morgan fingerprint density at radius 1 is 1.33 bits per heavy atom. The second-order valence-corrected chi connectivity index (χ2v) is 4.54. The highest BCUT2D eigenvalue weighted by molar-refractivity contribution is 5.37. The third-order valence-electron chi connectivity index (χ3n) is 2.77. The van der Waals surface area contributed by atoms with E-state index in [4.69, 9.17) is 15.0 Å². The van der Waals surface area contributed by atoms with Gasteiger partial charge in [0.15, 0.2) is 5.76 Å². The molecule has 96 valence electrons. The average Bonchev–Trinajstić information content (AvgIpc) is 2.73. The largest absolute Gasteiger partial charge is 0.485 e. The summed E-state index contributed by atoms with van der Waals surface area (Å²) in [5.74, 6) is 1.57. The van der Waals surface area contributed by atoms with Gasteiger partial charge in [-0.25, -0.2) is 0 Å². The van der Waals surface area contributed by atoms with E-state index in [1.54, 1.807) is 0 Å². The predicted octanol–water partition coefficient (Wildman–Crippen LogP) is 2.89. The summed E-state index contributed by atoms with van der Waals surface area (Å²) < 4.78 is 10.8. The molecule has 2 rings (SSSR count). The van der Waals surface area contributed by atoms with Crippen LogP contribution in [-0.4, -0.2) is 5.16 Å². The van der Waals surface area contributed by atoms with Gasteiger partial charge < -0.3 is 15.0 Å². The van der Waals surface area contributed by atoms with Gasteiger partial charge >= 0.3 is 0 Å². The molecular weight excluding hydrogens is 228 g/mol. The Bertz CT molecular complexity index is 532. The number of benzene rings is 1. The van der Waals surface area contributed by atoms with Crippen LogP contribution in [0.15, 0.2) is 28.8 Å². The molecule has 1 aromatic carbocycles. The van der Waals surface area contributed by atoms with E-state index in [0.29, 0.717) is 6.61 Å². The summed E-state index contributed by atoms with van der Waals surface area (Å²) in [6, 6.07) is 7.88. The normalized spacial score (nSPS) is 12.4. The molecule has 4 heteroatoms. The summed E-state index contributed by atoms with van der Waals surface area (Å²) >= 11 is 0. The summed E-state index contributed by atoms with van der Waals surface area (Å²) in [5.41, 5.74) is 8.87. The molecule has 0 fully saturated rings. The van der Waals surface area contributed by atoms with Crippen LogP contribution in [0.3, 0.4) is 0 Å². The lowest BCUT2D eigenvalue weighted by atomic mass is 10.1. The number of aromatic nitrogens is 1. The third kappa shape index (κ3) is 2.90. The van der Waals surface area contributed by atoms with E-state index in [1.165, 1.54) is 0 Å². The number of nitrogens with zero attached hydrogens (tertiary/aromatic N) is 1. The second kappa shape index (κ2) is 5.23. The summed E-state index contributed by atoms with van der Waals surface area (Å²) in [5, 5.41) is 3.82. The van der Waals surface area contributed by atoms with E-state index in [1.807, 2.05) is 45.0 Å². The number of aryl methyl sites for hydroxylation is 2. The zero-order chi connectivity index (χ0) is 13.1. The molecule has 0 saturated heterocycles. The molecule has 1 aromatic heterocycles. The van der Waals surface area contributed by atoms with Crippen LogP contribution < -0.4 is 10.5 Å². The summed E-state index contributed by atoms with van der Waals surface area (Å²) in [6.07, 6.45) is 0. The molecule has 0 spiro atoms. The minimum atomic E-state index is 0.0367. The quantitative estimate of drug-likeness (QED) is 0.901. The molecule has 1 atom stereocenters. The Morgan fingerprint density at radius 2 is 2.11 bits per heavy atom. The Balaban J connectivity index is 2.05. The van der Waals surface area contributed by atoms with Gasteiger partial charge in [0, 0.05) is 12.1 Å². The lowest BCUT2D eigenvalue weighted by Crippen LogP contribution is -2.05. The molecule has 18 heavy (non-hydrogen) atoms. The van der Waals surface area contributed by atoms with Crippen molar-refractivity contribution in [2.24, 2.45) is 5.73 Å². The zero-order valence-electron chi connectivity index (χ0n) is 10.9. The second-order valence-electron chi connectivity index (χ2n) is 4.54. The van der Waals surface area contributed by atoms with Crippen LogP contribution in [0, 0.1) is 13.8 Å². The van der Waals surface area contributed by atoms with Gasteiger partial charge in [0.05, 0.1) is 5.69 Å². The minimum absolute atomic E-state index is 0.0367. The number of rotatable bonds is 4. The first-order chi connectivity index (χ1) is 8.56. The molecule has 0 aliphatic heterocycles. The molecule has 0 saturated carbocycles. The van der Waals surface area contributed by atoms with Crippen LogP contribution in [0.1, 0.15) is 35.5 Å². The average molecular weight is 246 g/mol. The van der Waals surface area contributed by atoms with Crippen molar-refractivity contribution in [3.8, 4) is 5.75 Å². The molecule has 0 bridgehead atoms. The lowest BCUT2D eigenvalue weighted by molar-refractivity contribution is 0.247. The smallest absolute Gasteiger partial charge is 0.174 e. The van der Waals surface area contributed by atoms with Gasteiger partial charge in [0.1, 0.15) is 12.4 Å². The summed E-state index contributed by atoms with van der Waals surface area (Å²) in [4.78, 5) is 0.